The highest BCUT2D eigenvalue weighted by Gasteiger charge is 2.33. The predicted molar refractivity (Wildman–Crippen MR) is 53.7 cm³/mol. The average molecular weight is 220 g/mol. The van der Waals surface area contributed by atoms with Gasteiger partial charge in [-0.25, -0.2) is 8.78 Å². The van der Waals surface area contributed by atoms with Crippen LogP contribution in [-0.4, -0.2) is 6.43 Å². The first-order chi connectivity index (χ1) is 6.35. The Kier molecular flexibility index (Phi) is 3.12. The fourth-order valence-electron chi connectivity index (χ4n) is 1.17. The molecule has 0 fully saturated rings. The molecule has 4 heteroatoms. The van der Waals surface area contributed by atoms with E-state index in [-0.39, 0.29) is 10.6 Å². The Bertz CT molecular complexity index is 337. The molecule has 0 radical (unpaired) electrons. The molecule has 1 unspecified atom stereocenters. The predicted octanol–water partition coefficient (Wildman–Crippen LogP) is 3.09. The van der Waals surface area contributed by atoms with E-state index in [9.17, 15) is 8.78 Å². The monoisotopic (exact) mass is 219 g/mol. The van der Waals surface area contributed by atoms with Crippen molar-refractivity contribution in [2.45, 2.75) is 25.8 Å². The van der Waals surface area contributed by atoms with Crippen molar-refractivity contribution in [3.63, 3.8) is 0 Å². The minimum absolute atomic E-state index is 0.278. The normalized spacial score (nSPS) is 15.6. The van der Waals surface area contributed by atoms with Gasteiger partial charge in [0.05, 0.1) is 0 Å². The van der Waals surface area contributed by atoms with E-state index >= 15 is 0 Å². The molecule has 78 valence electrons. The third kappa shape index (κ3) is 2.04. The van der Waals surface area contributed by atoms with Crippen LogP contribution in [0.25, 0.3) is 0 Å². The van der Waals surface area contributed by atoms with Gasteiger partial charge < -0.3 is 5.73 Å². The van der Waals surface area contributed by atoms with E-state index in [4.69, 9.17) is 17.3 Å². The van der Waals surface area contributed by atoms with E-state index in [1.807, 2.05) is 6.92 Å². The van der Waals surface area contributed by atoms with Crippen LogP contribution in [0.4, 0.5) is 8.78 Å². The van der Waals surface area contributed by atoms with Crippen LogP contribution >= 0.6 is 11.6 Å². The van der Waals surface area contributed by atoms with Crippen LogP contribution in [0.3, 0.4) is 0 Å². The van der Waals surface area contributed by atoms with Gasteiger partial charge in [0.15, 0.2) is 0 Å². The summed E-state index contributed by atoms with van der Waals surface area (Å²) in [6.45, 7) is 3.11. The number of halogens is 3. The average Bonchev–Trinajstić information content (AvgIpc) is 2.02. The van der Waals surface area contributed by atoms with Crippen molar-refractivity contribution in [2.24, 2.45) is 5.73 Å². The lowest BCUT2D eigenvalue weighted by Gasteiger charge is -2.25. The molecule has 0 aliphatic heterocycles. The van der Waals surface area contributed by atoms with Gasteiger partial charge in [0.1, 0.15) is 5.54 Å². The molecule has 1 aromatic rings. The van der Waals surface area contributed by atoms with E-state index in [1.54, 1.807) is 18.2 Å². The third-order valence-electron chi connectivity index (χ3n) is 2.16. The lowest BCUT2D eigenvalue weighted by molar-refractivity contribution is 0.0625. The molecule has 0 aliphatic carbocycles. The molecule has 0 amide bonds. The van der Waals surface area contributed by atoms with Crippen molar-refractivity contribution < 1.29 is 8.78 Å². The maximum atomic E-state index is 12.6. The van der Waals surface area contributed by atoms with Crippen LogP contribution in [0.1, 0.15) is 18.1 Å². The zero-order valence-corrected chi connectivity index (χ0v) is 8.78. The lowest BCUT2D eigenvalue weighted by atomic mass is 9.93. The fraction of sp³-hybridized carbons (Fsp3) is 0.400. The number of aryl methyl sites for hydroxylation is 1. The van der Waals surface area contributed by atoms with E-state index in [0.29, 0.717) is 0 Å². The van der Waals surface area contributed by atoms with Gasteiger partial charge in [-0.3, -0.25) is 0 Å². The van der Waals surface area contributed by atoms with Crippen molar-refractivity contribution in [2.75, 3.05) is 0 Å². The van der Waals surface area contributed by atoms with Gasteiger partial charge in [-0.2, -0.15) is 0 Å². The minimum Gasteiger partial charge on any atom is -0.317 e. The van der Waals surface area contributed by atoms with Gasteiger partial charge in [0.25, 0.3) is 6.43 Å². The Morgan fingerprint density at radius 3 is 2.43 bits per heavy atom. The van der Waals surface area contributed by atoms with E-state index < -0.39 is 12.0 Å². The molecule has 0 saturated heterocycles. The number of rotatable bonds is 2. The topological polar surface area (TPSA) is 26.0 Å². The quantitative estimate of drug-likeness (QED) is 0.813. The molecule has 1 rings (SSSR count). The van der Waals surface area contributed by atoms with Gasteiger partial charge in [-0.15, -0.1) is 0 Å². The van der Waals surface area contributed by atoms with E-state index in [1.165, 1.54) is 6.92 Å². The zero-order valence-electron chi connectivity index (χ0n) is 8.02. The first-order valence-corrected chi connectivity index (χ1v) is 4.57. The molecule has 1 nitrogen and oxygen atoms in total. The van der Waals surface area contributed by atoms with Crippen LogP contribution < -0.4 is 5.73 Å². The molecule has 0 saturated carbocycles. The molecular weight excluding hydrogens is 208 g/mol. The molecule has 0 aliphatic rings. The summed E-state index contributed by atoms with van der Waals surface area (Å²) in [7, 11) is 0. The molecule has 0 heterocycles. The van der Waals surface area contributed by atoms with Crippen molar-refractivity contribution in [3.05, 3.63) is 34.3 Å². The maximum absolute atomic E-state index is 12.6. The maximum Gasteiger partial charge on any atom is 0.260 e. The van der Waals surface area contributed by atoms with Gasteiger partial charge in [0.2, 0.25) is 0 Å². The summed E-state index contributed by atoms with van der Waals surface area (Å²) in [6.07, 6.45) is -2.64. The molecule has 0 spiro atoms. The minimum atomic E-state index is -2.64. The number of benzene rings is 1. The summed E-state index contributed by atoms with van der Waals surface area (Å²) in [6, 6.07) is 4.89. The first-order valence-electron chi connectivity index (χ1n) is 4.19. The van der Waals surface area contributed by atoms with Gasteiger partial charge in [0, 0.05) is 5.02 Å². The van der Waals surface area contributed by atoms with E-state index in [2.05, 4.69) is 0 Å². The second-order valence-corrected chi connectivity index (χ2v) is 3.97. The summed E-state index contributed by atoms with van der Waals surface area (Å²) in [5, 5.41) is 0.287. The van der Waals surface area contributed by atoms with Crippen LogP contribution in [0.2, 0.25) is 5.02 Å². The van der Waals surface area contributed by atoms with Crippen LogP contribution in [0, 0.1) is 6.92 Å². The Morgan fingerprint density at radius 1 is 1.43 bits per heavy atom. The standard InChI is InChI=1S/C10H12ClF2N/c1-6-3-4-7(8(11)5-6)10(2,14)9(12)13/h3-5,9H,14H2,1-2H3. The lowest BCUT2D eigenvalue weighted by Crippen LogP contribution is -2.40. The Labute approximate surface area is 86.9 Å². The smallest absolute Gasteiger partial charge is 0.260 e. The third-order valence-corrected chi connectivity index (χ3v) is 2.47. The summed E-state index contributed by atoms with van der Waals surface area (Å²) >= 11 is 5.84. The Hall–Kier alpha value is -0.670. The number of nitrogens with two attached hydrogens (primary N) is 1. The first kappa shape index (κ1) is 11.4. The van der Waals surface area contributed by atoms with Gasteiger partial charge in [-0.05, 0) is 31.0 Å². The molecule has 14 heavy (non-hydrogen) atoms. The zero-order chi connectivity index (χ0) is 10.9. The van der Waals surface area contributed by atoms with Crippen LogP contribution in [0.5, 0.6) is 0 Å². The summed E-state index contributed by atoms with van der Waals surface area (Å²) in [5.74, 6) is 0. The highest BCUT2D eigenvalue weighted by Crippen LogP contribution is 2.31. The number of hydrogen-bond donors (Lipinski definition) is 1. The molecule has 0 aromatic heterocycles. The van der Waals surface area contributed by atoms with Crippen molar-refractivity contribution >= 4 is 11.6 Å². The van der Waals surface area contributed by atoms with Crippen molar-refractivity contribution in [1.29, 1.82) is 0 Å². The molecule has 0 bridgehead atoms. The summed E-state index contributed by atoms with van der Waals surface area (Å²) in [5.41, 5.74) is 5.01. The van der Waals surface area contributed by atoms with Crippen LogP contribution in [0.15, 0.2) is 18.2 Å². The molecular formula is C10H12ClF2N. The number of alkyl halides is 2. The molecule has 2 N–H and O–H groups in total. The van der Waals surface area contributed by atoms with Crippen LogP contribution in [-0.2, 0) is 5.54 Å². The van der Waals surface area contributed by atoms with E-state index in [0.717, 1.165) is 5.56 Å². The summed E-state index contributed by atoms with van der Waals surface area (Å²) < 4.78 is 25.2. The second-order valence-electron chi connectivity index (χ2n) is 3.57. The fourth-order valence-corrected chi connectivity index (χ4v) is 1.61. The molecule has 1 aromatic carbocycles. The number of hydrogen-bond acceptors (Lipinski definition) is 1. The summed E-state index contributed by atoms with van der Waals surface area (Å²) in [4.78, 5) is 0. The van der Waals surface area contributed by atoms with Crippen molar-refractivity contribution in [3.8, 4) is 0 Å². The second kappa shape index (κ2) is 3.83. The largest absolute Gasteiger partial charge is 0.317 e. The van der Waals surface area contributed by atoms with Gasteiger partial charge >= 0.3 is 0 Å². The Morgan fingerprint density at radius 2 is 2.00 bits per heavy atom. The highest BCUT2D eigenvalue weighted by molar-refractivity contribution is 6.31. The molecule has 1 atom stereocenters. The van der Waals surface area contributed by atoms with Gasteiger partial charge in [-0.1, -0.05) is 23.7 Å². The van der Waals surface area contributed by atoms with Crippen molar-refractivity contribution in [1.82, 2.24) is 0 Å². The Balaban J connectivity index is 3.19. The highest BCUT2D eigenvalue weighted by atomic mass is 35.5. The SMILES string of the molecule is Cc1ccc(C(C)(N)C(F)F)c(Cl)c1.